The van der Waals surface area contributed by atoms with E-state index >= 15 is 0 Å². The van der Waals surface area contributed by atoms with Gasteiger partial charge in [0.05, 0.1) is 46.4 Å². The van der Waals surface area contributed by atoms with Crippen LogP contribution in [0, 0.1) is 21.4 Å². The Hall–Kier alpha value is -5.95. The van der Waals surface area contributed by atoms with Crippen molar-refractivity contribution in [2.45, 2.75) is 107 Å². The van der Waals surface area contributed by atoms with Crippen LogP contribution in [0.3, 0.4) is 0 Å². The van der Waals surface area contributed by atoms with E-state index in [0.29, 0.717) is 74.4 Å². The number of aromatic amines is 1. The van der Waals surface area contributed by atoms with Crippen LogP contribution in [0.1, 0.15) is 93.6 Å². The summed E-state index contributed by atoms with van der Waals surface area (Å²) in [5, 5.41) is 16.3. The van der Waals surface area contributed by atoms with Gasteiger partial charge in [0.15, 0.2) is 0 Å². The second kappa shape index (κ2) is 19.0. The molecule has 3 aromatic carbocycles. The molecule has 2 aromatic heterocycles. The highest BCUT2D eigenvalue weighted by Crippen LogP contribution is 2.55. The summed E-state index contributed by atoms with van der Waals surface area (Å²) in [5.41, 5.74) is 4.16. The monoisotopic (exact) mass is 974 g/mol. The highest BCUT2D eigenvalue weighted by Gasteiger charge is 2.50. The number of carbonyl (C=O) groups is 1. The van der Waals surface area contributed by atoms with Gasteiger partial charge in [-0.05, 0) is 132 Å². The second-order valence-corrected chi connectivity index (χ2v) is 22.0. The molecule has 1 spiro atoms. The molecule has 0 bridgehead atoms. The van der Waals surface area contributed by atoms with Crippen molar-refractivity contribution in [3.63, 3.8) is 0 Å². The van der Waals surface area contributed by atoms with Crippen molar-refractivity contribution < 1.29 is 37.1 Å². The minimum Gasteiger partial charge on any atom is -0.491 e. The van der Waals surface area contributed by atoms with E-state index in [1.807, 2.05) is 35.4 Å². The Balaban J connectivity index is 0.867. The number of piperidine rings is 1. The number of fused-ring (bicyclic) bond motifs is 3. The van der Waals surface area contributed by atoms with Gasteiger partial charge in [0.2, 0.25) is 5.88 Å². The minimum absolute atomic E-state index is 0.110. The number of pyridine rings is 1. The summed E-state index contributed by atoms with van der Waals surface area (Å²) < 4.78 is 54.9. The molecule has 6 aliphatic rings. The summed E-state index contributed by atoms with van der Waals surface area (Å²) >= 11 is 0. The normalized spacial score (nSPS) is 22.9. The highest BCUT2D eigenvalue weighted by atomic mass is 32.2. The number of nitro benzene ring substituents is 1. The number of benzene rings is 3. The lowest BCUT2D eigenvalue weighted by Crippen LogP contribution is -2.55. The predicted octanol–water partition coefficient (Wildman–Crippen LogP) is 8.49. The molecule has 5 fully saturated rings. The molecule has 3 atom stereocenters. The number of anilines is 4. The topological polar surface area (TPSA) is 194 Å². The number of aromatic nitrogens is 2. The van der Waals surface area contributed by atoms with Crippen LogP contribution in [0.15, 0.2) is 83.9 Å². The van der Waals surface area contributed by atoms with Crippen LogP contribution in [0.2, 0.25) is 0 Å². The maximum atomic E-state index is 14.7. The van der Waals surface area contributed by atoms with Gasteiger partial charge >= 0.3 is 0 Å². The fourth-order valence-corrected chi connectivity index (χ4v) is 12.9. The molecule has 18 heteroatoms. The number of H-pyrrole nitrogens is 1. The number of para-hydroxylation sites is 1. The Morgan fingerprint density at radius 1 is 0.957 bits per heavy atom. The number of rotatable bonds is 13. The number of nitro groups is 1. The molecule has 5 aromatic rings. The smallest absolute Gasteiger partial charge is 0.293 e. The van der Waals surface area contributed by atoms with Gasteiger partial charge in [0, 0.05) is 80.3 Å². The van der Waals surface area contributed by atoms with Crippen molar-refractivity contribution in [3.05, 3.63) is 100 Å². The van der Waals surface area contributed by atoms with Gasteiger partial charge in [-0.3, -0.25) is 19.8 Å². The van der Waals surface area contributed by atoms with Crippen LogP contribution >= 0.6 is 0 Å². The highest BCUT2D eigenvalue weighted by molar-refractivity contribution is 7.90. The van der Waals surface area contributed by atoms with Crippen molar-refractivity contribution in [1.82, 2.24) is 19.6 Å². The third kappa shape index (κ3) is 9.03. The summed E-state index contributed by atoms with van der Waals surface area (Å²) in [6, 6.07) is 22.2. The van der Waals surface area contributed by atoms with Gasteiger partial charge in [-0.15, -0.1) is 0 Å². The molecule has 0 radical (unpaired) electrons. The number of carbonyl (C=O) groups excluding carboxylic acids is 1. The zero-order valence-electron chi connectivity index (χ0n) is 39.8. The zero-order valence-corrected chi connectivity index (χ0v) is 40.6. The predicted molar refractivity (Wildman–Crippen MR) is 266 cm³/mol. The Kier molecular flexibility index (Phi) is 12.6. The molecule has 1 amide bonds. The average molecular weight is 975 g/mol. The molecule has 4 saturated heterocycles. The standard InChI is InChI=1S/C52H62N8O9S/c1-33(2)68-47-8-4-3-6-39(47)42-7-5-20-58(42)37-29-52(30-37)17-21-57(22-18-52)36-9-11-40(43(27-36)59-45-26-35-13-19-53-49(35)55-51(45)69-48-16-25-67-32-46(48)59)50(61)56-70(64,65)38-10-12-41(44(28-38)60(62)63)54-31-34-14-23-66-24-15-34/h3-4,6,8-13,19,26-28,33-34,37,42,46,48,54H,5,7,14-18,20-25,29-32H2,1-2H3,(H,53,55)(H,56,61)/t42-,46-,48-/m0/s1. The minimum atomic E-state index is -4.60. The van der Waals surface area contributed by atoms with Crippen LogP contribution in [-0.2, 0) is 19.5 Å². The van der Waals surface area contributed by atoms with Crippen molar-refractivity contribution in [1.29, 1.82) is 0 Å². The number of hydrogen-bond donors (Lipinski definition) is 3. The van der Waals surface area contributed by atoms with Crippen LogP contribution in [0.5, 0.6) is 11.6 Å². The first-order valence-electron chi connectivity index (χ1n) is 25.0. The zero-order chi connectivity index (χ0) is 48.1. The summed E-state index contributed by atoms with van der Waals surface area (Å²) in [5.74, 6) is 0.787. The van der Waals surface area contributed by atoms with E-state index in [9.17, 15) is 23.3 Å². The molecular weight excluding hydrogens is 913 g/mol. The number of nitrogens with zero attached hydrogens (tertiary/aromatic N) is 5. The Morgan fingerprint density at radius 2 is 1.76 bits per heavy atom. The Bertz CT molecular complexity index is 2870. The van der Waals surface area contributed by atoms with E-state index in [4.69, 9.17) is 23.9 Å². The van der Waals surface area contributed by atoms with Gasteiger partial charge in [-0.25, -0.2) is 13.1 Å². The number of sulfonamides is 1. The summed E-state index contributed by atoms with van der Waals surface area (Å²) in [6.07, 6.45) is 10.6. The van der Waals surface area contributed by atoms with Gasteiger partial charge < -0.3 is 39.0 Å². The Labute approximate surface area is 408 Å². The first-order chi connectivity index (χ1) is 33.9. The van der Waals surface area contributed by atoms with Crippen molar-refractivity contribution >= 4 is 55.4 Å². The average Bonchev–Trinajstić information content (AvgIpc) is 4.03. The van der Waals surface area contributed by atoms with Crippen LogP contribution < -0.4 is 29.3 Å². The van der Waals surface area contributed by atoms with E-state index in [1.54, 1.807) is 6.07 Å². The molecule has 7 heterocycles. The number of hydrogen-bond acceptors (Lipinski definition) is 14. The van der Waals surface area contributed by atoms with Gasteiger partial charge in [-0.2, -0.15) is 4.98 Å². The summed E-state index contributed by atoms with van der Waals surface area (Å²) in [7, 11) is -4.60. The molecule has 5 aliphatic heterocycles. The van der Waals surface area contributed by atoms with Crippen molar-refractivity contribution in [2.24, 2.45) is 11.3 Å². The van der Waals surface area contributed by atoms with E-state index in [1.165, 1.54) is 24.1 Å². The van der Waals surface area contributed by atoms with Gasteiger partial charge in [-0.1, -0.05) is 18.2 Å². The van der Waals surface area contributed by atoms with E-state index in [0.717, 1.165) is 87.5 Å². The number of ether oxygens (including phenoxy) is 4. The number of amides is 1. The Morgan fingerprint density at radius 3 is 2.56 bits per heavy atom. The molecule has 3 N–H and O–H groups in total. The quantitative estimate of drug-likeness (QED) is 0.0751. The van der Waals surface area contributed by atoms with Gasteiger partial charge in [0.25, 0.3) is 21.6 Å². The molecule has 1 saturated carbocycles. The third-order valence-electron chi connectivity index (χ3n) is 15.6. The van der Waals surface area contributed by atoms with Gasteiger partial charge in [0.1, 0.15) is 28.9 Å². The first kappa shape index (κ1) is 46.4. The van der Waals surface area contributed by atoms with Crippen LogP contribution in [-0.4, -0.2) is 111 Å². The molecule has 70 heavy (non-hydrogen) atoms. The molecule has 11 rings (SSSR count). The summed E-state index contributed by atoms with van der Waals surface area (Å²) in [4.78, 5) is 41.1. The number of nitrogens with one attached hydrogen (secondary N) is 3. The maximum absolute atomic E-state index is 14.7. The fourth-order valence-electron chi connectivity index (χ4n) is 12.0. The largest absolute Gasteiger partial charge is 0.491 e. The van der Waals surface area contributed by atoms with E-state index < -0.39 is 31.4 Å². The maximum Gasteiger partial charge on any atom is 0.293 e. The van der Waals surface area contributed by atoms with Crippen LogP contribution in [0.4, 0.5) is 28.4 Å². The second-order valence-electron chi connectivity index (χ2n) is 20.3. The third-order valence-corrected chi connectivity index (χ3v) is 17.0. The number of likely N-dealkylation sites (tertiary alicyclic amines) is 1. The fraction of sp³-hybridized carbons (Fsp3) is 0.500. The van der Waals surface area contributed by atoms with E-state index in [2.05, 4.69) is 62.9 Å². The molecular formula is C52H62N8O9S. The molecule has 370 valence electrons. The molecule has 17 nitrogen and oxygen atoms in total. The lowest BCUT2D eigenvalue weighted by Gasteiger charge is -2.56. The summed E-state index contributed by atoms with van der Waals surface area (Å²) in [6.45, 7) is 9.46. The lowest BCUT2D eigenvalue weighted by molar-refractivity contribution is -0.384. The van der Waals surface area contributed by atoms with Crippen molar-refractivity contribution in [3.8, 4) is 11.6 Å². The lowest BCUT2D eigenvalue weighted by atomic mass is 9.60. The SMILES string of the molecule is CC(C)Oc1ccccc1[C@@H]1CCCN1C1CC2(CCN(c3ccc(C(=O)NS(=O)(=O)c4ccc(NCC5CCOCC5)c([N+](=O)[O-])c4)c(N4c5cc6cc[nH]c6nc5O[C@H]5CCOC[C@@H]54)c3)CC2)C1. The van der Waals surface area contributed by atoms with Crippen LogP contribution in [0.25, 0.3) is 11.0 Å². The molecule has 0 unspecified atom stereocenters. The molecule has 1 aliphatic carbocycles. The van der Waals surface area contributed by atoms with E-state index in [-0.39, 0.29) is 40.8 Å². The first-order valence-corrected chi connectivity index (χ1v) is 26.5. The van der Waals surface area contributed by atoms with Crippen molar-refractivity contribution in [2.75, 3.05) is 67.7 Å².